The van der Waals surface area contributed by atoms with Crippen molar-refractivity contribution in [1.29, 1.82) is 0 Å². The third-order valence-electron chi connectivity index (χ3n) is 1.75. The molecular weight excluding hydrogens is 260 g/mol. The average Bonchev–Trinajstić information content (AvgIpc) is 3.01. The van der Waals surface area contributed by atoms with Crippen molar-refractivity contribution in [3.63, 3.8) is 0 Å². The fourth-order valence-corrected chi connectivity index (χ4v) is 1.49. The minimum absolute atomic E-state index is 0.0943. The molecule has 0 unspecified atom stereocenters. The van der Waals surface area contributed by atoms with E-state index >= 15 is 0 Å². The van der Waals surface area contributed by atoms with Crippen LogP contribution < -0.4 is 16.7 Å². The van der Waals surface area contributed by atoms with Crippen LogP contribution in [-0.2, 0) is 19.0 Å². The van der Waals surface area contributed by atoms with Crippen LogP contribution in [0.2, 0.25) is 0 Å². The Bertz CT molecular complexity index is 645. The van der Waals surface area contributed by atoms with Gasteiger partial charge in [-0.3, -0.25) is 0 Å². The van der Waals surface area contributed by atoms with Crippen molar-refractivity contribution in [3.05, 3.63) is 0 Å². The van der Waals surface area contributed by atoms with Crippen molar-refractivity contribution in [2.45, 2.75) is 0 Å². The molecule has 0 radical (unpaired) electrons. The van der Waals surface area contributed by atoms with E-state index in [1.165, 1.54) is 0 Å². The summed E-state index contributed by atoms with van der Waals surface area (Å²) in [4.78, 5) is 8.27. The van der Waals surface area contributed by atoms with Crippen molar-refractivity contribution in [3.8, 4) is 5.95 Å². The van der Waals surface area contributed by atoms with Gasteiger partial charge in [-0.05, 0) is 0 Å². The lowest BCUT2D eigenvalue weighted by Crippen LogP contribution is -2.42. The molecule has 1 aliphatic heterocycles. The van der Waals surface area contributed by atoms with Gasteiger partial charge in [0.05, 0.1) is 4.91 Å². The Hall–Kier alpha value is -2.25. The van der Waals surface area contributed by atoms with Crippen molar-refractivity contribution < 1.29 is 26.4 Å². The van der Waals surface area contributed by atoms with Crippen LogP contribution in [-0.4, -0.2) is 23.3 Å². The minimum Gasteiger partial charge on any atom is -0.393 e. The van der Waals surface area contributed by atoms with E-state index in [-0.39, 0.29) is 23.3 Å². The van der Waals surface area contributed by atoms with Gasteiger partial charge < -0.3 is 11.5 Å². The van der Waals surface area contributed by atoms with Gasteiger partial charge in [0.25, 0.3) is 0 Å². The summed E-state index contributed by atoms with van der Waals surface area (Å²) in [6.07, 6.45) is 0. The summed E-state index contributed by atoms with van der Waals surface area (Å²) in [5.74, 6) is -0.412. The van der Waals surface area contributed by atoms with Crippen molar-refractivity contribution in [2.24, 2.45) is 0 Å². The predicted octanol–water partition coefficient (Wildman–Crippen LogP) is -1.45. The van der Waals surface area contributed by atoms with Crippen LogP contribution in [0.3, 0.4) is 0 Å². The van der Waals surface area contributed by atoms with Crippen LogP contribution >= 0.6 is 0 Å². The maximum atomic E-state index is 10.6. The van der Waals surface area contributed by atoms with Gasteiger partial charge in [-0.25, -0.2) is 0 Å². The number of nitrogens with zero attached hydrogens (tertiary/aromatic N) is 4. The highest BCUT2D eigenvalue weighted by molar-refractivity contribution is 7.82. The zero-order valence-corrected chi connectivity index (χ0v) is 8.62. The van der Waals surface area contributed by atoms with Crippen LogP contribution in [0.4, 0.5) is 17.3 Å². The summed E-state index contributed by atoms with van der Waals surface area (Å²) < 4.78 is 38.4. The minimum atomic E-state index is -4.03. The van der Waals surface area contributed by atoms with E-state index in [1.54, 1.807) is 0 Å². The lowest BCUT2D eigenvalue weighted by atomic mass is 10.4. The number of aromatic nitrogens is 3. The number of nitrogens with two attached hydrogens (primary N) is 2. The zero-order chi connectivity index (χ0) is 12.2. The highest BCUT2D eigenvalue weighted by Gasteiger charge is 2.39. The molecule has 2 aromatic rings. The number of hydrogen-bond acceptors (Lipinski definition) is 11. The molecule has 1 saturated heterocycles. The molecule has 3 rings (SSSR count). The quantitative estimate of drug-likeness (QED) is 0.609. The number of rotatable bonds is 2. The van der Waals surface area contributed by atoms with E-state index in [0.717, 1.165) is 4.91 Å². The molecule has 0 atom stereocenters. The predicted molar refractivity (Wildman–Crippen MR) is 48.3 cm³/mol. The Morgan fingerprint density at radius 2 is 1.76 bits per heavy atom. The third kappa shape index (κ3) is 1.57. The molecule has 0 spiro atoms. The molecule has 0 saturated carbocycles. The highest BCUT2D eigenvalue weighted by Crippen LogP contribution is 2.32. The second-order valence-electron chi connectivity index (χ2n) is 2.87. The van der Waals surface area contributed by atoms with Gasteiger partial charge in [-0.1, -0.05) is 13.8 Å². The first-order valence-corrected chi connectivity index (χ1v) is 5.32. The van der Waals surface area contributed by atoms with E-state index < -0.39 is 10.4 Å². The van der Waals surface area contributed by atoms with Gasteiger partial charge in [0, 0.05) is 0 Å². The van der Waals surface area contributed by atoms with Crippen molar-refractivity contribution in [1.82, 2.24) is 14.9 Å². The Morgan fingerprint density at radius 1 is 1.12 bits per heavy atom. The number of anilines is 3. The topological polar surface area (TPSA) is 165 Å². The van der Waals surface area contributed by atoms with E-state index in [1.807, 2.05) is 0 Å². The summed E-state index contributed by atoms with van der Waals surface area (Å²) in [6.45, 7) is 0. The lowest BCUT2D eigenvalue weighted by molar-refractivity contribution is -0.0204. The summed E-state index contributed by atoms with van der Waals surface area (Å²) in [6, 6.07) is 0. The van der Waals surface area contributed by atoms with Crippen LogP contribution in [0, 0.1) is 0 Å². The highest BCUT2D eigenvalue weighted by atomic mass is 32.3. The standard InChI is InChI=1S/C4H4N6O6S/c5-1-2(6)7-4(10-13-14-10)8-3(1)9-15-17(11,12)16-9/h5H2,(H2,6,7,8). The van der Waals surface area contributed by atoms with Crippen LogP contribution in [0.5, 0.6) is 0 Å². The molecule has 1 fully saturated rings. The van der Waals surface area contributed by atoms with Crippen LogP contribution in [0.15, 0.2) is 9.36 Å². The Kier molecular flexibility index (Phi) is 1.70. The van der Waals surface area contributed by atoms with Crippen LogP contribution in [0.1, 0.15) is 0 Å². The Balaban J connectivity index is 2.02. The van der Waals surface area contributed by atoms with Crippen LogP contribution in [0.25, 0.3) is 5.95 Å². The molecule has 3 heterocycles. The molecule has 12 nitrogen and oxygen atoms in total. The average molecular weight is 264 g/mol. The van der Waals surface area contributed by atoms with Gasteiger partial charge >= 0.3 is 16.3 Å². The molecule has 92 valence electrons. The molecule has 1 aliphatic rings. The van der Waals surface area contributed by atoms with E-state index in [9.17, 15) is 8.42 Å². The largest absolute Gasteiger partial charge is 0.446 e. The van der Waals surface area contributed by atoms with Gasteiger partial charge in [-0.15, -0.1) is 9.36 Å². The summed E-state index contributed by atoms with van der Waals surface area (Å²) >= 11 is 0. The monoisotopic (exact) mass is 264 g/mol. The first-order chi connectivity index (χ1) is 7.96. The van der Waals surface area contributed by atoms with Crippen molar-refractivity contribution >= 4 is 27.7 Å². The normalized spacial score (nSPS) is 18.2. The maximum absolute atomic E-state index is 10.6. The summed E-state index contributed by atoms with van der Waals surface area (Å²) in [7, 11) is -4.03. The molecule has 0 amide bonds. The van der Waals surface area contributed by atoms with E-state index in [4.69, 9.17) is 11.5 Å². The third-order valence-corrected chi connectivity index (χ3v) is 2.38. The van der Waals surface area contributed by atoms with E-state index in [0.29, 0.717) is 5.23 Å². The second-order valence-corrected chi connectivity index (χ2v) is 3.98. The first kappa shape index (κ1) is 9.94. The first-order valence-electron chi connectivity index (χ1n) is 3.98. The fraction of sp³-hybridized carbons (Fsp3) is 0. The molecule has 0 bridgehead atoms. The molecular formula is C4H4N6O6S. The molecule has 2 aromatic heterocycles. The van der Waals surface area contributed by atoms with Gasteiger partial charge in [0.15, 0.2) is 5.82 Å². The Morgan fingerprint density at radius 3 is 2.29 bits per heavy atom. The molecule has 4 N–H and O–H groups in total. The summed E-state index contributed by atoms with van der Waals surface area (Å²) in [5, 5.41) is 0.468. The SMILES string of the molecule is Nc1nc(-n2oo2)nc(N2OS(=O)(=O)O2)c1N. The molecule has 0 aliphatic carbocycles. The lowest BCUT2D eigenvalue weighted by Gasteiger charge is -2.27. The molecule has 13 heteroatoms. The van der Waals surface area contributed by atoms with Gasteiger partial charge in [0.1, 0.15) is 5.69 Å². The van der Waals surface area contributed by atoms with Crippen molar-refractivity contribution in [2.75, 3.05) is 16.7 Å². The smallest absolute Gasteiger partial charge is 0.393 e. The molecule has 17 heavy (non-hydrogen) atoms. The zero-order valence-electron chi connectivity index (χ0n) is 7.80. The van der Waals surface area contributed by atoms with Gasteiger partial charge in [0.2, 0.25) is 5.82 Å². The second kappa shape index (κ2) is 2.90. The summed E-state index contributed by atoms with van der Waals surface area (Å²) in [5.41, 5.74) is 10.9. The fourth-order valence-electron chi connectivity index (χ4n) is 1.01. The number of hydrogen-bond donors (Lipinski definition) is 2. The Labute approximate surface area is 92.4 Å². The molecule has 0 aromatic carbocycles. The van der Waals surface area contributed by atoms with E-state index in [2.05, 4.69) is 27.9 Å². The maximum Gasteiger partial charge on any atom is 0.446 e. The van der Waals surface area contributed by atoms with Gasteiger partial charge in [-0.2, -0.15) is 18.4 Å². The number of nitrogen functional groups attached to an aromatic ring is 2.